The van der Waals surface area contributed by atoms with Crippen molar-refractivity contribution in [1.82, 2.24) is 0 Å². The standard InChI is InChI=1S/C29H26N2O2/c1-19-15-17-20(18-16-19)25-26-23(13-8-14-24(26)32)31(22-11-6-3-7-12-22)29(30)27(25)28(33)21-9-4-2-5-10-21/h2-7,9-12,15-18,25,30,33H,8,13-14H2,1H3/b28-27+,30-29?. The van der Waals surface area contributed by atoms with Crippen LogP contribution in [0, 0.1) is 12.3 Å². The number of Topliss-reactive ketones (excluding diaryl/α,β-unsaturated/α-hetero) is 1. The maximum absolute atomic E-state index is 13.4. The number of rotatable bonds is 3. The Morgan fingerprint density at radius 2 is 1.55 bits per heavy atom. The average molecular weight is 435 g/mol. The van der Waals surface area contributed by atoms with E-state index in [9.17, 15) is 15.3 Å². The van der Waals surface area contributed by atoms with E-state index in [1.165, 1.54) is 0 Å². The summed E-state index contributed by atoms with van der Waals surface area (Å²) in [5, 5.41) is 20.8. The number of para-hydroxylation sites is 1. The number of benzene rings is 3. The molecule has 1 unspecified atom stereocenters. The summed E-state index contributed by atoms with van der Waals surface area (Å²) in [6.45, 7) is 2.03. The molecule has 4 nitrogen and oxygen atoms in total. The summed E-state index contributed by atoms with van der Waals surface area (Å²) in [4.78, 5) is 15.3. The smallest absolute Gasteiger partial charge is 0.161 e. The summed E-state index contributed by atoms with van der Waals surface area (Å²) in [7, 11) is 0. The molecule has 1 aliphatic heterocycles. The zero-order chi connectivity index (χ0) is 22.9. The first-order valence-corrected chi connectivity index (χ1v) is 11.3. The fraction of sp³-hybridized carbons (Fsp3) is 0.172. The molecule has 0 spiro atoms. The number of carbonyl (C=O) groups is 1. The molecule has 1 aliphatic carbocycles. The first kappa shape index (κ1) is 21.0. The largest absolute Gasteiger partial charge is 0.507 e. The second kappa shape index (κ2) is 8.55. The molecule has 2 N–H and O–H groups in total. The lowest BCUT2D eigenvalue weighted by Gasteiger charge is -2.41. The highest BCUT2D eigenvalue weighted by Gasteiger charge is 2.43. The number of aliphatic hydroxyl groups excluding tert-OH is 1. The number of anilines is 1. The quantitative estimate of drug-likeness (QED) is 0.459. The van der Waals surface area contributed by atoms with E-state index in [1.54, 1.807) is 0 Å². The number of hydrogen-bond donors (Lipinski definition) is 2. The number of carbonyl (C=O) groups excluding carboxylic acids is 1. The van der Waals surface area contributed by atoms with E-state index in [2.05, 4.69) is 0 Å². The second-order valence-corrected chi connectivity index (χ2v) is 8.63. The number of aliphatic hydroxyl groups is 1. The van der Waals surface area contributed by atoms with Gasteiger partial charge in [-0.2, -0.15) is 0 Å². The Hall–Kier alpha value is -3.92. The summed E-state index contributed by atoms with van der Waals surface area (Å²) in [6, 6.07) is 27.0. The van der Waals surface area contributed by atoms with Crippen molar-refractivity contribution in [2.75, 3.05) is 4.90 Å². The number of nitrogens with zero attached hydrogens (tertiary/aromatic N) is 1. The van der Waals surface area contributed by atoms with Crippen molar-refractivity contribution in [3.05, 3.63) is 118 Å². The first-order valence-electron chi connectivity index (χ1n) is 11.3. The van der Waals surface area contributed by atoms with Gasteiger partial charge in [-0.05, 0) is 37.5 Å². The third-order valence-corrected chi connectivity index (χ3v) is 6.48. The highest BCUT2D eigenvalue weighted by Crippen LogP contribution is 2.47. The van der Waals surface area contributed by atoms with Crippen LogP contribution in [0.1, 0.15) is 41.9 Å². The average Bonchev–Trinajstić information content (AvgIpc) is 2.85. The van der Waals surface area contributed by atoms with Crippen LogP contribution in [0.2, 0.25) is 0 Å². The lowest BCUT2D eigenvalue weighted by molar-refractivity contribution is -0.116. The Balaban J connectivity index is 1.83. The van der Waals surface area contributed by atoms with E-state index < -0.39 is 5.92 Å². The zero-order valence-electron chi connectivity index (χ0n) is 18.6. The lowest BCUT2D eigenvalue weighted by Crippen LogP contribution is -2.42. The SMILES string of the molecule is Cc1ccc(C2C3=C(CCCC3=O)N(c3ccccc3)C(=N)/C2=C(/O)c2ccccc2)cc1. The molecule has 0 amide bonds. The Morgan fingerprint density at radius 3 is 2.21 bits per heavy atom. The van der Waals surface area contributed by atoms with Gasteiger partial charge in [-0.3, -0.25) is 15.1 Å². The number of aryl methyl sites for hydroxylation is 1. The van der Waals surface area contributed by atoms with Gasteiger partial charge in [-0.1, -0.05) is 78.4 Å². The van der Waals surface area contributed by atoms with Crippen LogP contribution in [0.15, 0.2) is 102 Å². The monoisotopic (exact) mass is 434 g/mol. The highest BCUT2D eigenvalue weighted by molar-refractivity contribution is 6.19. The van der Waals surface area contributed by atoms with E-state index >= 15 is 0 Å². The Labute approximate surface area is 194 Å². The van der Waals surface area contributed by atoms with Gasteiger partial charge in [0.1, 0.15) is 11.6 Å². The van der Waals surface area contributed by atoms with E-state index in [0.717, 1.165) is 35.4 Å². The molecule has 1 atom stereocenters. The van der Waals surface area contributed by atoms with Crippen molar-refractivity contribution < 1.29 is 9.90 Å². The van der Waals surface area contributed by atoms with E-state index in [4.69, 9.17) is 0 Å². The summed E-state index contributed by atoms with van der Waals surface area (Å²) in [6.07, 6.45) is 1.97. The van der Waals surface area contributed by atoms with Crippen molar-refractivity contribution in [3.8, 4) is 0 Å². The van der Waals surface area contributed by atoms with Crippen LogP contribution >= 0.6 is 0 Å². The van der Waals surface area contributed by atoms with E-state index in [1.807, 2.05) is 96.8 Å². The number of allylic oxidation sites excluding steroid dienone is 2. The molecule has 3 aromatic carbocycles. The Bertz CT molecular complexity index is 1270. The molecule has 0 radical (unpaired) electrons. The molecule has 0 aromatic heterocycles. The third kappa shape index (κ3) is 3.68. The van der Waals surface area contributed by atoms with Gasteiger partial charge in [0.05, 0.1) is 0 Å². The molecular weight excluding hydrogens is 408 g/mol. The van der Waals surface area contributed by atoms with Crippen LogP contribution in [-0.2, 0) is 4.79 Å². The van der Waals surface area contributed by atoms with Crippen molar-refractivity contribution in [3.63, 3.8) is 0 Å². The van der Waals surface area contributed by atoms with Crippen LogP contribution in [0.25, 0.3) is 5.76 Å². The van der Waals surface area contributed by atoms with Gasteiger partial charge in [-0.15, -0.1) is 0 Å². The molecule has 33 heavy (non-hydrogen) atoms. The van der Waals surface area contributed by atoms with Gasteiger partial charge in [-0.25, -0.2) is 0 Å². The molecular formula is C29H26N2O2. The third-order valence-electron chi connectivity index (χ3n) is 6.48. The van der Waals surface area contributed by atoms with Crippen molar-refractivity contribution in [2.24, 2.45) is 0 Å². The van der Waals surface area contributed by atoms with E-state index in [0.29, 0.717) is 23.1 Å². The van der Waals surface area contributed by atoms with Crippen molar-refractivity contribution in [2.45, 2.75) is 32.1 Å². The Morgan fingerprint density at radius 1 is 0.909 bits per heavy atom. The second-order valence-electron chi connectivity index (χ2n) is 8.63. The number of amidine groups is 1. The molecule has 4 heteroatoms. The summed E-state index contributed by atoms with van der Waals surface area (Å²) in [5.74, 6) is -0.145. The predicted octanol–water partition coefficient (Wildman–Crippen LogP) is 6.55. The first-order chi connectivity index (χ1) is 16.1. The number of ketones is 1. The molecule has 1 heterocycles. The maximum atomic E-state index is 13.4. The number of hydrogen-bond acceptors (Lipinski definition) is 3. The lowest BCUT2D eigenvalue weighted by atomic mass is 9.73. The van der Waals surface area contributed by atoms with Crippen molar-refractivity contribution >= 4 is 23.1 Å². The molecule has 0 bridgehead atoms. The molecule has 5 rings (SSSR count). The highest BCUT2D eigenvalue weighted by atomic mass is 16.3. The van der Waals surface area contributed by atoms with Crippen LogP contribution in [0.3, 0.4) is 0 Å². The predicted molar refractivity (Wildman–Crippen MR) is 132 cm³/mol. The molecule has 164 valence electrons. The maximum Gasteiger partial charge on any atom is 0.161 e. The molecule has 0 saturated heterocycles. The van der Waals surface area contributed by atoms with Gasteiger partial charge in [0.25, 0.3) is 0 Å². The zero-order valence-corrected chi connectivity index (χ0v) is 18.6. The fourth-order valence-electron chi connectivity index (χ4n) is 4.90. The summed E-state index contributed by atoms with van der Waals surface area (Å²) in [5.41, 5.74) is 5.53. The van der Waals surface area contributed by atoms with Crippen molar-refractivity contribution in [1.29, 1.82) is 5.41 Å². The van der Waals surface area contributed by atoms with Gasteiger partial charge >= 0.3 is 0 Å². The van der Waals surface area contributed by atoms with Gasteiger partial charge in [0.2, 0.25) is 0 Å². The molecule has 2 aliphatic rings. The van der Waals surface area contributed by atoms with Gasteiger partial charge in [0, 0.05) is 40.4 Å². The minimum absolute atomic E-state index is 0.0389. The van der Waals surface area contributed by atoms with Crippen LogP contribution in [0.5, 0.6) is 0 Å². The molecule has 0 fully saturated rings. The van der Waals surface area contributed by atoms with Gasteiger partial charge < -0.3 is 5.11 Å². The minimum Gasteiger partial charge on any atom is -0.507 e. The summed E-state index contributed by atoms with van der Waals surface area (Å²) >= 11 is 0. The van der Waals surface area contributed by atoms with Crippen LogP contribution in [0.4, 0.5) is 5.69 Å². The molecule has 3 aromatic rings. The van der Waals surface area contributed by atoms with Gasteiger partial charge in [0.15, 0.2) is 5.78 Å². The molecule has 0 saturated carbocycles. The van der Waals surface area contributed by atoms with E-state index in [-0.39, 0.29) is 17.4 Å². The normalized spacial score (nSPS) is 20.0. The van der Waals surface area contributed by atoms with Crippen LogP contribution < -0.4 is 4.90 Å². The topological polar surface area (TPSA) is 64.4 Å². The fourth-order valence-corrected chi connectivity index (χ4v) is 4.90. The van der Waals surface area contributed by atoms with Crippen LogP contribution in [-0.4, -0.2) is 16.7 Å². The number of nitrogens with one attached hydrogen (secondary N) is 1. The Kier molecular flexibility index (Phi) is 5.43. The minimum atomic E-state index is -0.485. The summed E-state index contributed by atoms with van der Waals surface area (Å²) < 4.78 is 0.